The molecule has 1 aliphatic rings. The second-order valence-corrected chi connectivity index (χ2v) is 5.10. The summed E-state index contributed by atoms with van der Waals surface area (Å²) < 4.78 is 4.69. The smallest absolute Gasteiger partial charge is 0.307 e. The Balaban J connectivity index is 2.56. The molecule has 1 saturated heterocycles. The average molecular weight is 199 g/mol. The first-order valence-electron chi connectivity index (χ1n) is 5.25. The molecule has 3 nitrogen and oxygen atoms in total. The monoisotopic (exact) mass is 199 g/mol. The van der Waals surface area contributed by atoms with Crippen LogP contribution < -0.4 is 5.32 Å². The van der Waals surface area contributed by atoms with E-state index >= 15 is 0 Å². The Morgan fingerprint density at radius 2 is 2.14 bits per heavy atom. The van der Waals surface area contributed by atoms with Crippen molar-refractivity contribution in [1.29, 1.82) is 0 Å². The second kappa shape index (κ2) is 4.30. The summed E-state index contributed by atoms with van der Waals surface area (Å²) in [5.41, 5.74) is 0.266. The Labute approximate surface area is 86.2 Å². The van der Waals surface area contributed by atoms with Gasteiger partial charge in [-0.2, -0.15) is 0 Å². The van der Waals surface area contributed by atoms with E-state index in [1.807, 2.05) is 0 Å². The molecule has 2 unspecified atom stereocenters. The lowest BCUT2D eigenvalue weighted by Gasteiger charge is -2.31. The minimum Gasteiger partial charge on any atom is -0.469 e. The summed E-state index contributed by atoms with van der Waals surface area (Å²) in [6, 6.07) is 0.294. The zero-order chi connectivity index (χ0) is 10.8. The van der Waals surface area contributed by atoms with Gasteiger partial charge in [-0.25, -0.2) is 0 Å². The van der Waals surface area contributed by atoms with Gasteiger partial charge in [0.2, 0.25) is 0 Å². The maximum Gasteiger partial charge on any atom is 0.307 e. The van der Waals surface area contributed by atoms with Crippen LogP contribution in [0.4, 0.5) is 0 Å². The Hall–Kier alpha value is -0.570. The molecule has 1 fully saturated rings. The van der Waals surface area contributed by atoms with E-state index in [1.165, 1.54) is 7.11 Å². The third kappa shape index (κ3) is 2.71. The van der Waals surface area contributed by atoms with Crippen LogP contribution in [0.25, 0.3) is 0 Å². The van der Waals surface area contributed by atoms with E-state index < -0.39 is 0 Å². The minimum atomic E-state index is -0.112. The van der Waals surface area contributed by atoms with Crippen LogP contribution in [0.15, 0.2) is 0 Å². The molecular formula is C11H21NO2. The molecule has 0 bridgehead atoms. The molecule has 1 heterocycles. The van der Waals surface area contributed by atoms with Gasteiger partial charge < -0.3 is 10.1 Å². The molecule has 0 saturated carbocycles. The van der Waals surface area contributed by atoms with Gasteiger partial charge in [0.1, 0.15) is 0 Å². The predicted molar refractivity (Wildman–Crippen MR) is 56.0 cm³/mol. The van der Waals surface area contributed by atoms with E-state index in [2.05, 4.69) is 26.1 Å². The zero-order valence-corrected chi connectivity index (χ0v) is 9.59. The highest BCUT2D eigenvalue weighted by Crippen LogP contribution is 2.35. The van der Waals surface area contributed by atoms with Crippen LogP contribution in [0.2, 0.25) is 0 Å². The number of hydrogen-bond donors (Lipinski definition) is 1. The van der Waals surface area contributed by atoms with Crippen molar-refractivity contribution < 1.29 is 9.53 Å². The topological polar surface area (TPSA) is 38.3 Å². The number of rotatable bonds is 2. The lowest BCUT2D eigenvalue weighted by Crippen LogP contribution is -2.36. The third-order valence-corrected chi connectivity index (χ3v) is 3.07. The first-order chi connectivity index (χ1) is 6.45. The van der Waals surface area contributed by atoms with Gasteiger partial charge in [0, 0.05) is 6.04 Å². The van der Waals surface area contributed by atoms with Crippen molar-refractivity contribution in [3.63, 3.8) is 0 Å². The van der Waals surface area contributed by atoms with E-state index in [-0.39, 0.29) is 11.4 Å². The molecule has 0 aromatic heterocycles. The fraction of sp³-hybridized carbons (Fsp3) is 0.909. The van der Waals surface area contributed by atoms with Crippen molar-refractivity contribution in [2.45, 2.75) is 39.7 Å². The van der Waals surface area contributed by atoms with Crippen LogP contribution in [-0.2, 0) is 9.53 Å². The molecule has 0 aliphatic carbocycles. The van der Waals surface area contributed by atoms with Crippen LogP contribution >= 0.6 is 0 Å². The molecule has 1 aliphatic heterocycles. The lowest BCUT2D eigenvalue weighted by atomic mass is 9.75. The summed E-state index contributed by atoms with van der Waals surface area (Å²) in [4.78, 5) is 11.2. The molecule has 3 heteroatoms. The van der Waals surface area contributed by atoms with Gasteiger partial charge in [0.15, 0.2) is 0 Å². The van der Waals surface area contributed by atoms with Gasteiger partial charge in [-0.05, 0) is 24.3 Å². The van der Waals surface area contributed by atoms with Crippen LogP contribution in [-0.4, -0.2) is 25.7 Å². The number of hydrogen-bond acceptors (Lipinski definition) is 3. The van der Waals surface area contributed by atoms with Gasteiger partial charge in [0.05, 0.1) is 13.5 Å². The van der Waals surface area contributed by atoms with Gasteiger partial charge >= 0.3 is 5.97 Å². The summed E-state index contributed by atoms with van der Waals surface area (Å²) in [5, 5.41) is 3.38. The fourth-order valence-corrected chi connectivity index (χ4v) is 2.28. The van der Waals surface area contributed by atoms with Crippen LogP contribution in [0.5, 0.6) is 0 Å². The number of nitrogens with one attached hydrogen (secondary N) is 1. The maximum absolute atomic E-state index is 11.2. The molecule has 1 N–H and O–H groups in total. The highest BCUT2D eigenvalue weighted by Gasteiger charge is 2.36. The number of esters is 1. The molecule has 2 atom stereocenters. The van der Waals surface area contributed by atoms with Gasteiger partial charge in [-0.15, -0.1) is 0 Å². The fourth-order valence-electron chi connectivity index (χ4n) is 2.28. The highest BCUT2D eigenvalue weighted by atomic mass is 16.5. The molecule has 82 valence electrons. The van der Waals surface area contributed by atoms with Crippen LogP contribution in [0.1, 0.15) is 33.6 Å². The summed E-state index contributed by atoms with van der Waals surface area (Å²) >= 11 is 0. The first-order valence-corrected chi connectivity index (χ1v) is 5.25. The summed E-state index contributed by atoms with van der Waals surface area (Å²) in [7, 11) is 1.45. The molecule has 0 aromatic rings. The van der Waals surface area contributed by atoms with Crippen LogP contribution in [0.3, 0.4) is 0 Å². The Morgan fingerprint density at radius 3 is 2.64 bits per heavy atom. The van der Waals surface area contributed by atoms with Crippen LogP contribution in [0, 0.1) is 11.3 Å². The van der Waals surface area contributed by atoms with Crippen molar-refractivity contribution >= 4 is 5.97 Å². The highest BCUT2D eigenvalue weighted by molar-refractivity contribution is 5.70. The Bertz CT molecular complexity index is 208. The number of ether oxygens (including phenoxy) is 1. The third-order valence-electron chi connectivity index (χ3n) is 3.07. The summed E-state index contributed by atoms with van der Waals surface area (Å²) in [6.45, 7) is 7.71. The molecule has 0 amide bonds. The van der Waals surface area contributed by atoms with E-state index in [9.17, 15) is 4.79 Å². The second-order valence-electron chi connectivity index (χ2n) is 5.10. The van der Waals surface area contributed by atoms with Gasteiger partial charge in [0.25, 0.3) is 0 Å². The molecule has 0 radical (unpaired) electrons. The predicted octanol–water partition coefficient (Wildman–Crippen LogP) is 1.57. The van der Waals surface area contributed by atoms with Crippen molar-refractivity contribution in [2.24, 2.45) is 11.3 Å². The van der Waals surface area contributed by atoms with Crippen molar-refractivity contribution in [1.82, 2.24) is 5.32 Å². The standard InChI is InChI=1S/C11H21NO2/c1-11(2,3)8-5-6-12-9(8)7-10(13)14-4/h8-9,12H,5-7H2,1-4H3. The van der Waals surface area contributed by atoms with E-state index in [4.69, 9.17) is 4.74 Å². The number of carbonyl (C=O) groups is 1. The molecular weight excluding hydrogens is 178 g/mol. The SMILES string of the molecule is COC(=O)CC1NCCC1C(C)(C)C. The molecule has 14 heavy (non-hydrogen) atoms. The quantitative estimate of drug-likeness (QED) is 0.686. The molecule has 1 rings (SSSR count). The number of carbonyl (C=O) groups excluding carboxylic acids is 1. The number of methoxy groups -OCH3 is 1. The van der Waals surface area contributed by atoms with E-state index in [1.54, 1.807) is 0 Å². The largest absolute Gasteiger partial charge is 0.469 e. The van der Waals surface area contributed by atoms with E-state index in [0.717, 1.165) is 13.0 Å². The Morgan fingerprint density at radius 1 is 1.50 bits per heavy atom. The van der Waals surface area contributed by atoms with Gasteiger partial charge in [-0.3, -0.25) is 4.79 Å². The zero-order valence-electron chi connectivity index (χ0n) is 9.59. The molecule has 0 spiro atoms. The average Bonchev–Trinajstić information content (AvgIpc) is 2.51. The lowest BCUT2D eigenvalue weighted by molar-refractivity contribution is -0.141. The minimum absolute atomic E-state index is 0.112. The summed E-state index contributed by atoms with van der Waals surface area (Å²) in [5.74, 6) is 0.459. The normalized spacial score (nSPS) is 27.7. The Kier molecular flexibility index (Phi) is 3.53. The van der Waals surface area contributed by atoms with Crippen molar-refractivity contribution in [2.75, 3.05) is 13.7 Å². The van der Waals surface area contributed by atoms with Crippen molar-refractivity contribution in [3.05, 3.63) is 0 Å². The van der Waals surface area contributed by atoms with Crippen molar-refractivity contribution in [3.8, 4) is 0 Å². The summed E-state index contributed by atoms with van der Waals surface area (Å²) in [6.07, 6.45) is 1.66. The maximum atomic E-state index is 11.2. The van der Waals surface area contributed by atoms with E-state index in [0.29, 0.717) is 18.4 Å². The molecule has 0 aromatic carbocycles. The first kappa shape index (κ1) is 11.5. The van der Waals surface area contributed by atoms with Gasteiger partial charge in [-0.1, -0.05) is 20.8 Å².